The molecule has 0 bridgehead atoms. The van der Waals surface area contributed by atoms with Crippen LogP contribution in [0.5, 0.6) is 0 Å². The molecule has 0 aliphatic carbocycles. The van der Waals surface area contributed by atoms with Gasteiger partial charge in [0.05, 0.1) is 16.9 Å². The molecule has 18 heavy (non-hydrogen) atoms. The van der Waals surface area contributed by atoms with Gasteiger partial charge < -0.3 is 5.32 Å². The summed E-state index contributed by atoms with van der Waals surface area (Å²) in [7, 11) is 0. The fourth-order valence-electron chi connectivity index (χ4n) is 1.60. The molecule has 2 aromatic carbocycles. The number of nitriles is 1. The van der Waals surface area contributed by atoms with Gasteiger partial charge in [-0.3, -0.25) is 0 Å². The summed E-state index contributed by atoms with van der Waals surface area (Å²) < 4.78 is 26.2. The Morgan fingerprint density at radius 2 is 1.78 bits per heavy atom. The van der Waals surface area contributed by atoms with Crippen molar-refractivity contribution in [2.24, 2.45) is 0 Å². The third-order valence-electron chi connectivity index (χ3n) is 2.50. The van der Waals surface area contributed by atoms with Crippen LogP contribution in [0.1, 0.15) is 11.1 Å². The lowest BCUT2D eigenvalue weighted by atomic mass is 10.1. The fourth-order valence-corrected chi connectivity index (χ4v) is 1.60. The van der Waals surface area contributed by atoms with E-state index in [9.17, 15) is 8.78 Å². The van der Waals surface area contributed by atoms with Gasteiger partial charge in [0.2, 0.25) is 0 Å². The van der Waals surface area contributed by atoms with E-state index in [-0.39, 0.29) is 5.69 Å². The van der Waals surface area contributed by atoms with Crippen LogP contribution in [0.25, 0.3) is 0 Å². The van der Waals surface area contributed by atoms with Crippen LogP contribution in [0, 0.1) is 29.9 Å². The Morgan fingerprint density at radius 1 is 1.06 bits per heavy atom. The summed E-state index contributed by atoms with van der Waals surface area (Å²) >= 11 is 0. The van der Waals surface area contributed by atoms with Crippen LogP contribution in [0.2, 0.25) is 0 Å². The van der Waals surface area contributed by atoms with Crippen LogP contribution >= 0.6 is 0 Å². The number of hydrogen-bond acceptors (Lipinski definition) is 2. The van der Waals surface area contributed by atoms with Gasteiger partial charge in [-0.05, 0) is 36.8 Å². The summed E-state index contributed by atoms with van der Waals surface area (Å²) in [6, 6.07) is 10.5. The van der Waals surface area contributed by atoms with Crippen molar-refractivity contribution in [3.8, 4) is 6.07 Å². The molecule has 0 radical (unpaired) electrons. The molecular formula is C14H10F2N2. The molecule has 1 N–H and O–H groups in total. The molecule has 2 aromatic rings. The minimum absolute atomic E-state index is 0.136. The first-order valence-corrected chi connectivity index (χ1v) is 5.33. The molecule has 0 aliphatic heterocycles. The third-order valence-corrected chi connectivity index (χ3v) is 2.50. The Morgan fingerprint density at radius 3 is 2.44 bits per heavy atom. The summed E-state index contributed by atoms with van der Waals surface area (Å²) in [5.41, 5.74) is 1.99. The van der Waals surface area contributed by atoms with Gasteiger partial charge in [0, 0.05) is 6.07 Å². The SMILES string of the molecule is Cc1ccc(Nc2ccc(F)cc2F)c(C#N)c1. The predicted molar refractivity (Wildman–Crippen MR) is 65.5 cm³/mol. The standard InChI is InChI=1S/C14H10F2N2/c1-9-2-4-13(10(6-9)8-17)18-14-5-3-11(15)7-12(14)16/h2-7,18H,1H3. The highest BCUT2D eigenvalue weighted by Crippen LogP contribution is 2.24. The molecule has 0 saturated heterocycles. The van der Waals surface area contributed by atoms with E-state index in [0.717, 1.165) is 17.7 Å². The van der Waals surface area contributed by atoms with E-state index in [4.69, 9.17) is 5.26 Å². The smallest absolute Gasteiger partial charge is 0.149 e. The van der Waals surface area contributed by atoms with Gasteiger partial charge in [-0.2, -0.15) is 5.26 Å². The molecule has 0 fully saturated rings. The second-order valence-electron chi connectivity index (χ2n) is 3.91. The number of halogens is 2. The topological polar surface area (TPSA) is 35.8 Å². The number of nitrogens with zero attached hydrogens (tertiary/aromatic N) is 1. The molecule has 0 amide bonds. The van der Waals surface area contributed by atoms with E-state index in [0.29, 0.717) is 11.3 Å². The van der Waals surface area contributed by atoms with Crippen molar-refractivity contribution in [1.29, 1.82) is 5.26 Å². The molecule has 0 saturated carbocycles. The first kappa shape index (κ1) is 12.1. The Balaban J connectivity index is 2.37. The Bertz CT molecular complexity index is 630. The molecule has 0 heterocycles. The van der Waals surface area contributed by atoms with Crippen LogP contribution in [-0.2, 0) is 0 Å². The summed E-state index contributed by atoms with van der Waals surface area (Å²) in [5.74, 6) is -1.33. The Hall–Kier alpha value is -2.41. The van der Waals surface area contributed by atoms with Gasteiger partial charge in [-0.1, -0.05) is 6.07 Å². The van der Waals surface area contributed by atoms with Gasteiger partial charge in [0.1, 0.15) is 17.7 Å². The molecule has 2 nitrogen and oxygen atoms in total. The lowest BCUT2D eigenvalue weighted by Gasteiger charge is -2.09. The first-order valence-electron chi connectivity index (χ1n) is 5.33. The third kappa shape index (κ3) is 2.46. The summed E-state index contributed by atoms with van der Waals surface area (Å²) in [6.07, 6.45) is 0. The maximum atomic E-state index is 13.5. The molecule has 0 spiro atoms. The van der Waals surface area contributed by atoms with E-state index in [1.807, 2.05) is 19.1 Å². The largest absolute Gasteiger partial charge is 0.352 e. The summed E-state index contributed by atoms with van der Waals surface area (Å²) in [4.78, 5) is 0. The number of benzene rings is 2. The molecule has 2 rings (SSSR count). The maximum Gasteiger partial charge on any atom is 0.149 e. The minimum Gasteiger partial charge on any atom is -0.352 e. The average Bonchev–Trinajstić information content (AvgIpc) is 2.34. The van der Waals surface area contributed by atoms with Crippen molar-refractivity contribution in [2.75, 3.05) is 5.32 Å². The molecule has 0 atom stereocenters. The lowest BCUT2D eigenvalue weighted by Crippen LogP contribution is -1.97. The van der Waals surface area contributed by atoms with Gasteiger partial charge in [-0.15, -0.1) is 0 Å². The zero-order chi connectivity index (χ0) is 13.1. The van der Waals surface area contributed by atoms with Crippen LogP contribution in [0.4, 0.5) is 20.2 Å². The quantitative estimate of drug-likeness (QED) is 0.869. The van der Waals surface area contributed by atoms with Crippen molar-refractivity contribution < 1.29 is 8.78 Å². The van der Waals surface area contributed by atoms with E-state index in [1.54, 1.807) is 12.1 Å². The van der Waals surface area contributed by atoms with Crippen LogP contribution in [0.3, 0.4) is 0 Å². The number of aryl methyl sites for hydroxylation is 1. The predicted octanol–water partition coefficient (Wildman–Crippen LogP) is 3.89. The number of anilines is 2. The number of nitrogens with one attached hydrogen (secondary N) is 1. The van der Waals surface area contributed by atoms with Crippen LogP contribution in [-0.4, -0.2) is 0 Å². The second kappa shape index (κ2) is 4.84. The van der Waals surface area contributed by atoms with Crippen molar-refractivity contribution >= 4 is 11.4 Å². The summed E-state index contributed by atoms with van der Waals surface area (Å²) in [6.45, 7) is 1.86. The highest BCUT2D eigenvalue weighted by molar-refractivity contribution is 5.67. The first-order chi connectivity index (χ1) is 8.60. The molecule has 0 unspecified atom stereocenters. The zero-order valence-corrected chi connectivity index (χ0v) is 9.67. The molecule has 0 aliphatic rings. The van der Waals surface area contributed by atoms with Crippen LogP contribution < -0.4 is 5.32 Å². The second-order valence-corrected chi connectivity index (χ2v) is 3.91. The van der Waals surface area contributed by atoms with E-state index in [2.05, 4.69) is 5.32 Å². The molecule has 0 aromatic heterocycles. The van der Waals surface area contributed by atoms with Gasteiger partial charge in [-0.25, -0.2) is 8.78 Å². The summed E-state index contributed by atoms with van der Waals surface area (Å²) in [5, 5.41) is 11.8. The van der Waals surface area contributed by atoms with Gasteiger partial charge >= 0.3 is 0 Å². The van der Waals surface area contributed by atoms with Crippen molar-refractivity contribution in [2.45, 2.75) is 6.92 Å². The average molecular weight is 244 g/mol. The van der Waals surface area contributed by atoms with Crippen molar-refractivity contribution in [3.63, 3.8) is 0 Å². The number of hydrogen-bond donors (Lipinski definition) is 1. The maximum absolute atomic E-state index is 13.5. The molecule has 90 valence electrons. The Kier molecular flexibility index (Phi) is 3.24. The van der Waals surface area contributed by atoms with Gasteiger partial charge in [0.15, 0.2) is 0 Å². The van der Waals surface area contributed by atoms with E-state index >= 15 is 0 Å². The minimum atomic E-state index is -0.695. The van der Waals surface area contributed by atoms with E-state index < -0.39 is 11.6 Å². The fraction of sp³-hybridized carbons (Fsp3) is 0.0714. The monoisotopic (exact) mass is 244 g/mol. The van der Waals surface area contributed by atoms with Gasteiger partial charge in [0.25, 0.3) is 0 Å². The van der Waals surface area contributed by atoms with Crippen molar-refractivity contribution in [3.05, 3.63) is 59.2 Å². The van der Waals surface area contributed by atoms with Crippen LogP contribution in [0.15, 0.2) is 36.4 Å². The highest BCUT2D eigenvalue weighted by Gasteiger charge is 2.07. The van der Waals surface area contributed by atoms with E-state index in [1.165, 1.54) is 6.07 Å². The Labute approximate surface area is 103 Å². The molecular weight excluding hydrogens is 234 g/mol. The highest BCUT2D eigenvalue weighted by atomic mass is 19.1. The number of rotatable bonds is 2. The normalized spacial score (nSPS) is 9.89. The zero-order valence-electron chi connectivity index (χ0n) is 9.67. The lowest BCUT2D eigenvalue weighted by molar-refractivity contribution is 0.586. The molecule has 4 heteroatoms. The van der Waals surface area contributed by atoms with Crippen molar-refractivity contribution in [1.82, 2.24) is 0 Å².